The highest BCUT2D eigenvalue weighted by atomic mass is 32.2. The lowest BCUT2D eigenvalue weighted by Gasteiger charge is -2.14. The Bertz CT molecular complexity index is 784. The van der Waals surface area contributed by atoms with Crippen LogP contribution in [0.3, 0.4) is 0 Å². The molecule has 0 saturated heterocycles. The lowest BCUT2D eigenvalue weighted by atomic mass is 10.2. The third-order valence-electron chi connectivity index (χ3n) is 3.32. The standard InChI is InChI=1S/C16H18N2O4S/c1-12-4-8-14(9-5-12)17-16(19)13-6-10-15(11-7-13)23(20,21)18(2)22-3/h4-11H,1-3H3,(H,17,19). The van der Waals surface area contributed by atoms with Crippen LogP contribution in [-0.2, 0) is 14.9 Å². The smallest absolute Gasteiger partial charge is 0.264 e. The van der Waals surface area contributed by atoms with E-state index in [9.17, 15) is 13.2 Å². The number of amides is 1. The number of carbonyl (C=O) groups is 1. The molecule has 2 rings (SSSR count). The Hall–Kier alpha value is -2.22. The molecule has 6 nitrogen and oxygen atoms in total. The van der Waals surface area contributed by atoms with Gasteiger partial charge in [-0.1, -0.05) is 22.2 Å². The molecule has 0 heterocycles. The molecule has 0 bridgehead atoms. The highest BCUT2D eigenvalue weighted by Gasteiger charge is 2.20. The number of hydrogen-bond acceptors (Lipinski definition) is 4. The summed E-state index contributed by atoms with van der Waals surface area (Å²) < 4.78 is 24.9. The number of benzene rings is 2. The minimum absolute atomic E-state index is 0.0498. The monoisotopic (exact) mass is 334 g/mol. The summed E-state index contributed by atoms with van der Waals surface area (Å²) in [5, 5.41) is 2.75. The molecule has 1 N–H and O–H groups in total. The molecule has 0 atom stereocenters. The summed E-state index contributed by atoms with van der Waals surface area (Å²) in [5.41, 5.74) is 2.14. The van der Waals surface area contributed by atoms with Gasteiger partial charge < -0.3 is 5.32 Å². The quantitative estimate of drug-likeness (QED) is 0.852. The van der Waals surface area contributed by atoms with Crippen molar-refractivity contribution in [2.24, 2.45) is 0 Å². The van der Waals surface area contributed by atoms with Crippen molar-refractivity contribution in [1.82, 2.24) is 4.47 Å². The van der Waals surface area contributed by atoms with Crippen LogP contribution < -0.4 is 5.32 Å². The predicted octanol–water partition coefficient (Wildman–Crippen LogP) is 2.43. The molecule has 2 aromatic carbocycles. The molecule has 7 heteroatoms. The highest BCUT2D eigenvalue weighted by Crippen LogP contribution is 2.16. The lowest BCUT2D eigenvalue weighted by Crippen LogP contribution is -2.25. The van der Waals surface area contributed by atoms with E-state index in [1.807, 2.05) is 19.1 Å². The fraction of sp³-hybridized carbons (Fsp3) is 0.188. The first kappa shape index (κ1) is 17.1. The van der Waals surface area contributed by atoms with Crippen LogP contribution in [0.2, 0.25) is 0 Å². The Balaban J connectivity index is 2.16. The summed E-state index contributed by atoms with van der Waals surface area (Å²) in [4.78, 5) is 16.9. The molecule has 0 aliphatic carbocycles. The van der Waals surface area contributed by atoms with E-state index in [0.29, 0.717) is 11.3 Å². The van der Waals surface area contributed by atoms with Crippen molar-refractivity contribution in [1.29, 1.82) is 0 Å². The molecule has 0 aliphatic heterocycles. The number of sulfonamides is 1. The van der Waals surface area contributed by atoms with Crippen molar-refractivity contribution < 1.29 is 18.0 Å². The van der Waals surface area contributed by atoms with Crippen LogP contribution in [-0.4, -0.2) is 33.0 Å². The van der Waals surface area contributed by atoms with E-state index < -0.39 is 10.0 Å². The second kappa shape index (κ2) is 6.91. The van der Waals surface area contributed by atoms with E-state index in [4.69, 9.17) is 4.84 Å². The summed E-state index contributed by atoms with van der Waals surface area (Å²) in [6.07, 6.45) is 0. The summed E-state index contributed by atoms with van der Waals surface area (Å²) in [6, 6.07) is 13.1. The Kier molecular flexibility index (Phi) is 5.15. The molecule has 1 amide bonds. The van der Waals surface area contributed by atoms with E-state index >= 15 is 0 Å². The van der Waals surface area contributed by atoms with Gasteiger partial charge in [0, 0.05) is 18.3 Å². The van der Waals surface area contributed by atoms with Gasteiger partial charge in [-0.15, -0.1) is 0 Å². The average Bonchev–Trinajstić information content (AvgIpc) is 2.56. The molecule has 23 heavy (non-hydrogen) atoms. The van der Waals surface area contributed by atoms with Gasteiger partial charge >= 0.3 is 0 Å². The third kappa shape index (κ3) is 3.95. The van der Waals surface area contributed by atoms with E-state index in [-0.39, 0.29) is 10.8 Å². The minimum Gasteiger partial charge on any atom is -0.322 e. The molecular weight excluding hydrogens is 316 g/mol. The van der Waals surface area contributed by atoms with Crippen LogP contribution in [0.25, 0.3) is 0 Å². The SMILES string of the molecule is CON(C)S(=O)(=O)c1ccc(C(=O)Nc2ccc(C)cc2)cc1. The maximum atomic E-state index is 12.2. The molecule has 0 radical (unpaired) electrons. The number of anilines is 1. The minimum atomic E-state index is -3.72. The summed E-state index contributed by atoms with van der Waals surface area (Å²) in [6.45, 7) is 1.96. The predicted molar refractivity (Wildman–Crippen MR) is 87.5 cm³/mol. The van der Waals surface area contributed by atoms with Gasteiger partial charge in [0.2, 0.25) is 0 Å². The van der Waals surface area contributed by atoms with E-state index in [2.05, 4.69) is 5.32 Å². The first-order valence-electron chi connectivity index (χ1n) is 6.85. The second-order valence-electron chi connectivity index (χ2n) is 4.94. The summed E-state index contributed by atoms with van der Waals surface area (Å²) in [7, 11) is -1.15. The number of carbonyl (C=O) groups excluding carboxylic acids is 1. The van der Waals surface area contributed by atoms with Gasteiger partial charge in [-0.05, 0) is 43.3 Å². The van der Waals surface area contributed by atoms with Crippen LogP contribution in [0.4, 0.5) is 5.69 Å². The van der Waals surface area contributed by atoms with E-state index in [1.165, 1.54) is 38.4 Å². The Morgan fingerprint density at radius 1 is 1.04 bits per heavy atom. The maximum Gasteiger partial charge on any atom is 0.264 e. The van der Waals surface area contributed by atoms with Crippen LogP contribution in [0.15, 0.2) is 53.4 Å². The van der Waals surface area contributed by atoms with Gasteiger partial charge in [-0.3, -0.25) is 9.63 Å². The molecule has 0 fully saturated rings. The van der Waals surface area contributed by atoms with Crippen LogP contribution in [0.5, 0.6) is 0 Å². The topological polar surface area (TPSA) is 75.7 Å². The normalized spacial score (nSPS) is 11.5. The van der Waals surface area contributed by atoms with Crippen LogP contribution in [0.1, 0.15) is 15.9 Å². The first-order valence-corrected chi connectivity index (χ1v) is 8.29. The Morgan fingerprint density at radius 2 is 1.61 bits per heavy atom. The van der Waals surface area contributed by atoms with Crippen molar-refractivity contribution >= 4 is 21.6 Å². The number of nitrogens with zero attached hydrogens (tertiary/aromatic N) is 1. The van der Waals surface area contributed by atoms with Gasteiger partial charge in [0.25, 0.3) is 15.9 Å². The van der Waals surface area contributed by atoms with Crippen molar-refractivity contribution in [3.8, 4) is 0 Å². The van der Waals surface area contributed by atoms with Gasteiger partial charge in [0.15, 0.2) is 0 Å². The molecule has 0 unspecified atom stereocenters. The van der Waals surface area contributed by atoms with E-state index in [0.717, 1.165) is 10.0 Å². The van der Waals surface area contributed by atoms with Gasteiger partial charge in [0.1, 0.15) is 0 Å². The zero-order valence-electron chi connectivity index (χ0n) is 13.1. The van der Waals surface area contributed by atoms with E-state index in [1.54, 1.807) is 12.1 Å². The van der Waals surface area contributed by atoms with Gasteiger partial charge in [-0.2, -0.15) is 0 Å². The van der Waals surface area contributed by atoms with Crippen molar-refractivity contribution in [2.45, 2.75) is 11.8 Å². The van der Waals surface area contributed by atoms with Gasteiger partial charge in [-0.25, -0.2) is 8.42 Å². The molecular formula is C16H18N2O4S. The Morgan fingerprint density at radius 3 is 2.13 bits per heavy atom. The molecule has 2 aromatic rings. The average molecular weight is 334 g/mol. The molecule has 0 aromatic heterocycles. The summed E-state index contributed by atoms with van der Waals surface area (Å²) >= 11 is 0. The van der Waals surface area contributed by atoms with Gasteiger partial charge in [0.05, 0.1) is 12.0 Å². The van der Waals surface area contributed by atoms with Crippen LogP contribution in [0, 0.1) is 6.92 Å². The third-order valence-corrected chi connectivity index (χ3v) is 5.01. The number of nitrogens with one attached hydrogen (secondary N) is 1. The number of hydroxylamine groups is 1. The first-order chi connectivity index (χ1) is 10.8. The van der Waals surface area contributed by atoms with Crippen molar-refractivity contribution in [2.75, 3.05) is 19.5 Å². The molecule has 0 spiro atoms. The Labute approximate surface area is 135 Å². The maximum absolute atomic E-state index is 12.2. The van der Waals surface area contributed by atoms with Crippen molar-refractivity contribution in [3.05, 3.63) is 59.7 Å². The molecule has 122 valence electrons. The number of aryl methyl sites for hydroxylation is 1. The molecule has 0 aliphatic rings. The zero-order valence-corrected chi connectivity index (χ0v) is 13.9. The second-order valence-corrected chi connectivity index (χ2v) is 6.88. The zero-order chi connectivity index (χ0) is 17.0. The van der Waals surface area contributed by atoms with Crippen molar-refractivity contribution in [3.63, 3.8) is 0 Å². The number of hydrogen-bond donors (Lipinski definition) is 1. The number of rotatable bonds is 5. The molecule has 0 saturated carbocycles. The largest absolute Gasteiger partial charge is 0.322 e. The fourth-order valence-corrected chi connectivity index (χ4v) is 2.84. The lowest BCUT2D eigenvalue weighted by molar-refractivity contribution is -0.0258. The highest BCUT2D eigenvalue weighted by molar-refractivity contribution is 7.89. The summed E-state index contributed by atoms with van der Waals surface area (Å²) in [5.74, 6) is -0.308. The van der Waals surface area contributed by atoms with Crippen LogP contribution >= 0.6 is 0 Å². The fourth-order valence-electron chi connectivity index (χ4n) is 1.87.